The van der Waals surface area contributed by atoms with Crippen LogP contribution in [0, 0.1) is 12.8 Å². The predicted molar refractivity (Wildman–Crippen MR) is 122 cm³/mol. The molecule has 2 aromatic rings. The molecule has 164 valence electrons. The second kappa shape index (κ2) is 8.99. The van der Waals surface area contributed by atoms with Crippen molar-refractivity contribution in [2.45, 2.75) is 38.3 Å². The van der Waals surface area contributed by atoms with Crippen molar-refractivity contribution in [3.63, 3.8) is 0 Å². The third-order valence-corrected chi connectivity index (χ3v) is 6.51. The summed E-state index contributed by atoms with van der Waals surface area (Å²) >= 11 is 0. The van der Waals surface area contributed by atoms with Gasteiger partial charge in [-0.25, -0.2) is 10.6 Å². The number of urea groups is 1. The van der Waals surface area contributed by atoms with Crippen molar-refractivity contribution in [3.8, 4) is 0 Å². The van der Waals surface area contributed by atoms with Crippen LogP contribution in [0.15, 0.2) is 54.7 Å². The third-order valence-electron chi connectivity index (χ3n) is 6.51. The van der Waals surface area contributed by atoms with Crippen LogP contribution < -0.4 is 16.9 Å². The molecule has 31 heavy (non-hydrogen) atoms. The van der Waals surface area contributed by atoms with Gasteiger partial charge in [-0.1, -0.05) is 42.0 Å². The number of nitrogens with one attached hydrogen (secondary N) is 1. The van der Waals surface area contributed by atoms with Gasteiger partial charge < -0.3 is 26.1 Å². The minimum atomic E-state index is -0.497. The van der Waals surface area contributed by atoms with Crippen molar-refractivity contribution in [3.05, 3.63) is 71.4 Å². The topological polar surface area (TPSA) is 108 Å². The van der Waals surface area contributed by atoms with Crippen LogP contribution in [0.3, 0.4) is 0 Å². The fourth-order valence-electron chi connectivity index (χ4n) is 4.64. The fourth-order valence-corrected chi connectivity index (χ4v) is 4.64. The fraction of sp³-hybridized carbons (Fsp3) is 0.375. The molecule has 7 heteroatoms. The molecule has 0 saturated carbocycles. The summed E-state index contributed by atoms with van der Waals surface area (Å²) < 4.78 is 0. The number of benzene rings is 2. The van der Waals surface area contributed by atoms with Crippen LogP contribution >= 0.6 is 0 Å². The van der Waals surface area contributed by atoms with Crippen LogP contribution in [0.5, 0.6) is 0 Å². The Morgan fingerprint density at radius 3 is 2.55 bits per heavy atom. The predicted octanol–water partition coefficient (Wildman–Crippen LogP) is 3.18. The number of aliphatic hydroxyl groups excluding tert-OH is 1. The third kappa shape index (κ3) is 4.38. The highest BCUT2D eigenvalue weighted by Gasteiger charge is 2.36. The average Bonchev–Trinajstić information content (AvgIpc) is 3.06. The smallest absolute Gasteiger partial charge is 0.321 e. The molecule has 4 rings (SSSR count). The molecule has 0 aliphatic carbocycles. The maximum Gasteiger partial charge on any atom is 0.321 e. The lowest BCUT2D eigenvalue weighted by atomic mass is 9.86. The molecule has 0 bridgehead atoms. The number of aryl methyl sites for hydroxylation is 1. The van der Waals surface area contributed by atoms with Gasteiger partial charge in [-0.15, -0.1) is 0 Å². The number of carbonyl (C=O) groups excluding carboxylic acids is 1. The Labute approximate surface area is 183 Å². The Hall–Kier alpha value is -3.03. The summed E-state index contributed by atoms with van der Waals surface area (Å²) in [6, 6.07) is 15.6. The first kappa shape index (κ1) is 21.2. The molecule has 2 unspecified atom stereocenters. The van der Waals surface area contributed by atoms with Gasteiger partial charge in [0, 0.05) is 30.5 Å². The summed E-state index contributed by atoms with van der Waals surface area (Å²) in [5.74, 6) is 6.45. The normalized spacial score (nSPS) is 21.3. The highest BCUT2D eigenvalue weighted by molar-refractivity contribution is 5.89. The Kier molecular flexibility index (Phi) is 6.15. The summed E-state index contributed by atoms with van der Waals surface area (Å²) in [4.78, 5) is 14.4. The number of fused-ring (bicyclic) bond motifs is 1. The lowest BCUT2D eigenvalue weighted by Gasteiger charge is -2.35. The van der Waals surface area contributed by atoms with E-state index in [0.717, 1.165) is 40.9 Å². The number of rotatable bonds is 4. The van der Waals surface area contributed by atoms with Crippen LogP contribution in [0.4, 0.5) is 10.5 Å². The minimum Gasteiger partial charge on any atom is -0.403 e. The van der Waals surface area contributed by atoms with E-state index in [0.29, 0.717) is 19.5 Å². The molecule has 2 atom stereocenters. The van der Waals surface area contributed by atoms with Crippen molar-refractivity contribution in [1.29, 1.82) is 0 Å². The van der Waals surface area contributed by atoms with Gasteiger partial charge in [-0.2, -0.15) is 0 Å². The SMILES string of the molecule is Cc1ccc(NC(=O)N2CCC(C(O)CC3c4ccccc4/C(=C/N)N3N)CC2)cc1. The number of piperidine rings is 1. The largest absolute Gasteiger partial charge is 0.403 e. The monoisotopic (exact) mass is 421 g/mol. The van der Waals surface area contributed by atoms with Gasteiger partial charge in [-0.3, -0.25) is 0 Å². The van der Waals surface area contributed by atoms with Crippen LogP contribution in [0.2, 0.25) is 0 Å². The molecule has 0 radical (unpaired) electrons. The first-order chi connectivity index (χ1) is 15.0. The van der Waals surface area contributed by atoms with E-state index >= 15 is 0 Å². The van der Waals surface area contributed by atoms with Gasteiger partial charge in [0.1, 0.15) is 0 Å². The van der Waals surface area contributed by atoms with Crippen LogP contribution in [0.25, 0.3) is 5.70 Å². The van der Waals surface area contributed by atoms with E-state index in [4.69, 9.17) is 11.6 Å². The number of hydrogen-bond acceptors (Lipinski definition) is 5. The van der Waals surface area contributed by atoms with Crippen LogP contribution in [-0.4, -0.2) is 40.2 Å². The summed E-state index contributed by atoms with van der Waals surface area (Å²) in [6.45, 7) is 3.27. The number of hydrazine groups is 1. The molecule has 2 amide bonds. The second-order valence-electron chi connectivity index (χ2n) is 8.49. The molecule has 6 N–H and O–H groups in total. The van der Waals surface area contributed by atoms with Crippen molar-refractivity contribution in [1.82, 2.24) is 9.91 Å². The maximum absolute atomic E-state index is 12.6. The molecule has 7 nitrogen and oxygen atoms in total. The number of nitrogens with zero attached hydrogens (tertiary/aromatic N) is 2. The molecule has 2 aliphatic rings. The maximum atomic E-state index is 12.6. The van der Waals surface area contributed by atoms with E-state index < -0.39 is 6.10 Å². The van der Waals surface area contributed by atoms with Gasteiger partial charge in [0.05, 0.1) is 17.8 Å². The summed E-state index contributed by atoms with van der Waals surface area (Å²) in [5.41, 5.74) is 10.6. The quantitative estimate of drug-likeness (QED) is 0.567. The Balaban J connectivity index is 1.33. The average molecular weight is 422 g/mol. The van der Waals surface area contributed by atoms with E-state index in [-0.39, 0.29) is 18.0 Å². The highest BCUT2D eigenvalue weighted by atomic mass is 16.3. The second-order valence-corrected chi connectivity index (χ2v) is 8.49. The summed E-state index contributed by atoms with van der Waals surface area (Å²) in [5, 5.41) is 15.6. The molecule has 2 aromatic carbocycles. The standard InChI is InChI=1S/C24H31N5O2/c1-16-6-8-18(9-7-16)27-24(31)28-12-10-17(11-13-28)23(30)14-21-19-4-2-3-5-20(19)22(15-25)29(21)26/h2-9,15,17,21,23,30H,10-14,25-26H2,1H3,(H,27,31)/b22-15-. The summed E-state index contributed by atoms with van der Waals surface area (Å²) in [6.07, 6.45) is 3.09. The molecular weight excluding hydrogens is 390 g/mol. The number of carbonyl (C=O) groups is 1. The number of aliphatic hydroxyl groups is 1. The molecule has 0 spiro atoms. The van der Waals surface area contributed by atoms with Gasteiger partial charge in [0.15, 0.2) is 0 Å². The lowest BCUT2D eigenvalue weighted by molar-refractivity contribution is 0.0453. The molecule has 0 aromatic heterocycles. The van der Waals surface area contributed by atoms with Crippen molar-refractivity contribution in [2.24, 2.45) is 17.5 Å². The van der Waals surface area contributed by atoms with Crippen molar-refractivity contribution in [2.75, 3.05) is 18.4 Å². The van der Waals surface area contributed by atoms with Crippen LogP contribution in [-0.2, 0) is 0 Å². The molecule has 2 heterocycles. The van der Waals surface area contributed by atoms with E-state index in [1.54, 1.807) is 5.01 Å². The number of nitrogens with two attached hydrogens (primary N) is 2. The zero-order valence-corrected chi connectivity index (χ0v) is 17.9. The van der Waals surface area contributed by atoms with Gasteiger partial charge in [-0.05, 0) is 49.8 Å². The van der Waals surface area contributed by atoms with Crippen molar-refractivity contribution >= 4 is 17.4 Å². The zero-order valence-electron chi connectivity index (χ0n) is 17.9. The lowest BCUT2D eigenvalue weighted by Crippen LogP contribution is -2.44. The van der Waals surface area contributed by atoms with E-state index in [1.807, 2.05) is 60.4 Å². The van der Waals surface area contributed by atoms with Crippen LogP contribution in [0.1, 0.15) is 42.0 Å². The number of anilines is 1. The van der Waals surface area contributed by atoms with E-state index in [1.165, 1.54) is 6.20 Å². The molecular formula is C24H31N5O2. The first-order valence-corrected chi connectivity index (χ1v) is 10.8. The number of amides is 2. The Morgan fingerprint density at radius 2 is 1.87 bits per heavy atom. The van der Waals surface area contributed by atoms with Gasteiger partial charge >= 0.3 is 6.03 Å². The van der Waals surface area contributed by atoms with Gasteiger partial charge in [0.2, 0.25) is 0 Å². The number of likely N-dealkylation sites (tertiary alicyclic amines) is 1. The van der Waals surface area contributed by atoms with Gasteiger partial charge in [0.25, 0.3) is 0 Å². The molecule has 1 fully saturated rings. The first-order valence-electron chi connectivity index (χ1n) is 10.8. The van der Waals surface area contributed by atoms with E-state index in [9.17, 15) is 9.90 Å². The summed E-state index contributed by atoms with van der Waals surface area (Å²) in [7, 11) is 0. The molecule has 1 saturated heterocycles. The number of hydrogen-bond donors (Lipinski definition) is 4. The van der Waals surface area contributed by atoms with E-state index in [2.05, 4.69) is 5.32 Å². The Morgan fingerprint density at radius 1 is 1.19 bits per heavy atom. The Bertz CT molecular complexity index is 951. The van der Waals surface area contributed by atoms with Crippen molar-refractivity contribution < 1.29 is 9.90 Å². The molecule has 2 aliphatic heterocycles. The minimum absolute atomic E-state index is 0.0904. The zero-order chi connectivity index (χ0) is 22.0. The highest BCUT2D eigenvalue weighted by Crippen LogP contribution is 2.42.